The van der Waals surface area contributed by atoms with Crippen molar-refractivity contribution in [2.75, 3.05) is 0 Å². The van der Waals surface area contributed by atoms with E-state index < -0.39 is 0 Å². The normalized spacial score (nSPS) is 9.18. The van der Waals surface area contributed by atoms with Crippen LogP contribution < -0.4 is 5.73 Å². The second-order valence-electron chi connectivity index (χ2n) is 2.28. The van der Waals surface area contributed by atoms with E-state index in [0.717, 1.165) is 11.3 Å². The quantitative estimate of drug-likeness (QED) is 0.636. The second kappa shape index (κ2) is 3.13. The zero-order valence-corrected chi connectivity index (χ0v) is 6.33. The Bertz CT molecular complexity index is 299. The first-order valence-electron chi connectivity index (χ1n) is 3.34. The summed E-state index contributed by atoms with van der Waals surface area (Å²) in [4.78, 5) is 4.02. The molecule has 1 aromatic rings. The molecule has 1 heterocycles. The van der Waals surface area contributed by atoms with Gasteiger partial charge in [-0.05, 0) is 13.0 Å². The van der Waals surface area contributed by atoms with Crippen LogP contribution in [0.3, 0.4) is 0 Å². The van der Waals surface area contributed by atoms with Crippen molar-refractivity contribution in [2.45, 2.75) is 13.5 Å². The number of aryl methyl sites for hydroxylation is 1. The van der Waals surface area contributed by atoms with E-state index in [9.17, 15) is 0 Å². The van der Waals surface area contributed by atoms with E-state index in [0.29, 0.717) is 12.2 Å². The molecule has 0 aliphatic rings. The Hall–Kier alpha value is -1.40. The fourth-order valence-corrected chi connectivity index (χ4v) is 0.847. The number of nitriles is 1. The number of hydrogen-bond acceptors (Lipinski definition) is 3. The van der Waals surface area contributed by atoms with Crippen molar-refractivity contribution in [3.8, 4) is 6.07 Å². The van der Waals surface area contributed by atoms with E-state index in [1.54, 1.807) is 0 Å². The first-order valence-corrected chi connectivity index (χ1v) is 3.34. The Morgan fingerprint density at radius 3 is 2.91 bits per heavy atom. The number of pyridine rings is 1. The van der Waals surface area contributed by atoms with Crippen LogP contribution in [0, 0.1) is 18.3 Å². The van der Waals surface area contributed by atoms with E-state index in [1.807, 2.05) is 25.1 Å². The molecule has 56 valence electrons. The average Bonchev–Trinajstić information content (AvgIpc) is 2.04. The molecule has 1 rings (SSSR count). The van der Waals surface area contributed by atoms with Gasteiger partial charge in [-0.2, -0.15) is 5.26 Å². The molecule has 0 aliphatic carbocycles. The third kappa shape index (κ3) is 1.54. The number of aromatic nitrogens is 1. The third-order valence-electron chi connectivity index (χ3n) is 1.44. The number of nitrogens with zero attached hydrogens (tertiary/aromatic N) is 2. The van der Waals surface area contributed by atoms with Gasteiger partial charge in [0.05, 0.1) is 0 Å². The number of hydrogen-bond donors (Lipinski definition) is 1. The highest BCUT2D eigenvalue weighted by Crippen LogP contribution is 2.04. The van der Waals surface area contributed by atoms with Crippen LogP contribution in [0.25, 0.3) is 0 Å². The second-order valence-corrected chi connectivity index (χ2v) is 2.28. The zero-order valence-electron chi connectivity index (χ0n) is 6.33. The Morgan fingerprint density at radius 1 is 1.64 bits per heavy atom. The molecule has 0 radical (unpaired) electrons. The lowest BCUT2D eigenvalue weighted by atomic mass is 10.2. The summed E-state index contributed by atoms with van der Waals surface area (Å²) in [5.74, 6) is 0. The largest absolute Gasteiger partial charge is 0.326 e. The lowest BCUT2D eigenvalue weighted by molar-refractivity contribution is 1.02. The summed E-state index contributed by atoms with van der Waals surface area (Å²) < 4.78 is 0. The molecule has 0 saturated heterocycles. The predicted molar refractivity (Wildman–Crippen MR) is 41.6 cm³/mol. The van der Waals surface area contributed by atoms with Crippen LogP contribution in [0.2, 0.25) is 0 Å². The summed E-state index contributed by atoms with van der Waals surface area (Å²) in [6.45, 7) is 2.22. The van der Waals surface area contributed by atoms with Crippen LogP contribution in [0.1, 0.15) is 17.0 Å². The standard InChI is InChI=1S/C8H9N3/c1-6-2-3-7(4-9)8(5-10)11-6/h2-3H,4,9H2,1H3. The van der Waals surface area contributed by atoms with Gasteiger partial charge in [0, 0.05) is 17.8 Å². The molecule has 0 aliphatic heterocycles. The first kappa shape index (κ1) is 7.70. The summed E-state index contributed by atoms with van der Waals surface area (Å²) >= 11 is 0. The van der Waals surface area contributed by atoms with Gasteiger partial charge in [0.15, 0.2) is 0 Å². The molecule has 0 spiro atoms. The molecule has 0 aromatic carbocycles. The van der Waals surface area contributed by atoms with Gasteiger partial charge < -0.3 is 5.73 Å². The minimum absolute atomic E-state index is 0.371. The van der Waals surface area contributed by atoms with Gasteiger partial charge in [0.1, 0.15) is 11.8 Å². The third-order valence-corrected chi connectivity index (χ3v) is 1.44. The van der Waals surface area contributed by atoms with Crippen molar-refractivity contribution in [1.82, 2.24) is 4.98 Å². The van der Waals surface area contributed by atoms with Gasteiger partial charge in [-0.25, -0.2) is 4.98 Å². The van der Waals surface area contributed by atoms with E-state index >= 15 is 0 Å². The molecule has 0 atom stereocenters. The monoisotopic (exact) mass is 147 g/mol. The molecule has 0 amide bonds. The van der Waals surface area contributed by atoms with Gasteiger partial charge in [-0.1, -0.05) is 6.07 Å². The summed E-state index contributed by atoms with van der Waals surface area (Å²) in [5.41, 5.74) is 7.47. The minimum atomic E-state index is 0.371. The molecule has 0 bridgehead atoms. The Morgan fingerprint density at radius 2 is 2.36 bits per heavy atom. The highest BCUT2D eigenvalue weighted by atomic mass is 14.7. The Balaban J connectivity index is 3.19. The fraction of sp³-hybridized carbons (Fsp3) is 0.250. The van der Waals surface area contributed by atoms with E-state index in [2.05, 4.69) is 4.98 Å². The lowest BCUT2D eigenvalue weighted by Crippen LogP contribution is -2.01. The Kier molecular flexibility index (Phi) is 2.19. The van der Waals surface area contributed by atoms with Crippen molar-refractivity contribution in [3.63, 3.8) is 0 Å². The van der Waals surface area contributed by atoms with Gasteiger partial charge in [0.25, 0.3) is 0 Å². The van der Waals surface area contributed by atoms with Gasteiger partial charge >= 0.3 is 0 Å². The zero-order chi connectivity index (χ0) is 8.27. The van der Waals surface area contributed by atoms with Crippen molar-refractivity contribution < 1.29 is 0 Å². The van der Waals surface area contributed by atoms with Crippen LogP contribution >= 0.6 is 0 Å². The molecule has 3 nitrogen and oxygen atoms in total. The van der Waals surface area contributed by atoms with E-state index in [-0.39, 0.29) is 0 Å². The average molecular weight is 147 g/mol. The smallest absolute Gasteiger partial charge is 0.145 e. The van der Waals surface area contributed by atoms with Crippen LogP contribution in [0.15, 0.2) is 12.1 Å². The summed E-state index contributed by atoms with van der Waals surface area (Å²) in [6, 6.07) is 5.68. The first-order chi connectivity index (χ1) is 5.27. The summed E-state index contributed by atoms with van der Waals surface area (Å²) in [7, 11) is 0. The summed E-state index contributed by atoms with van der Waals surface area (Å²) in [5, 5.41) is 8.61. The van der Waals surface area contributed by atoms with Gasteiger partial charge in [-0.15, -0.1) is 0 Å². The van der Waals surface area contributed by atoms with Crippen molar-refractivity contribution in [1.29, 1.82) is 5.26 Å². The van der Waals surface area contributed by atoms with Crippen molar-refractivity contribution in [3.05, 3.63) is 29.1 Å². The van der Waals surface area contributed by atoms with Crippen LogP contribution in [-0.2, 0) is 6.54 Å². The molecule has 2 N–H and O–H groups in total. The van der Waals surface area contributed by atoms with E-state index in [1.165, 1.54) is 0 Å². The lowest BCUT2D eigenvalue weighted by Gasteiger charge is -1.98. The van der Waals surface area contributed by atoms with Gasteiger partial charge in [0.2, 0.25) is 0 Å². The SMILES string of the molecule is Cc1ccc(CN)c(C#N)n1. The highest BCUT2D eigenvalue weighted by Gasteiger charge is 1.99. The topological polar surface area (TPSA) is 62.7 Å². The number of nitrogens with two attached hydrogens (primary N) is 1. The summed E-state index contributed by atoms with van der Waals surface area (Å²) in [6.07, 6.45) is 0. The predicted octanol–water partition coefficient (Wildman–Crippen LogP) is 0.720. The molecule has 0 saturated carbocycles. The molecule has 0 fully saturated rings. The molecule has 11 heavy (non-hydrogen) atoms. The fourth-order valence-electron chi connectivity index (χ4n) is 0.847. The highest BCUT2D eigenvalue weighted by molar-refractivity contribution is 5.31. The van der Waals surface area contributed by atoms with Crippen molar-refractivity contribution >= 4 is 0 Å². The Labute approximate surface area is 65.5 Å². The van der Waals surface area contributed by atoms with Crippen LogP contribution in [0.5, 0.6) is 0 Å². The van der Waals surface area contributed by atoms with Crippen molar-refractivity contribution in [2.24, 2.45) is 5.73 Å². The molecule has 1 aromatic heterocycles. The molecule has 3 heteroatoms. The maximum absolute atomic E-state index is 8.61. The van der Waals surface area contributed by atoms with E-state index in [4.69, 9.17) is 11.0 Å². The van der Waals surface area contributed by atoms with Gasteiger partial charge in [-0.3, -0.25) is 0 Å². The molecule has 0 unspecified atom stereocenters. The molecular weight excluding hydrogens is 138 g/mol. The van der Waals surface area contributed by atoms with Crippen LogP contribution in [-0.4, -0.2) is 4.98 Å². The number of rotatable bonds is 1. The maximum atomic E-state index is 8.61. The van der Waals surface area contributed by atoms with Crippen LogP contribution in [0.4, 0.5) is 0 Å². The molecular formula is C8H9N3. The maximum Gasteiger partial charge on any atom is 0.145 e. The minimum Gasteiger partial charge on any atom is -0.326 e.